The maximum atomic E-state index is 12.6. The topological polar surface area (TPSA) is 55.3 Å². The van der Waals surface area contributed by atoms with E-state index in [1.807, 2.05) is 4.90 Å². The summed E-state index contributed by atoms with van der Waals surface area (Å²) in [7, 11) is 0. The summed E-state index contributed by atoms with van der Waals surface area (Å²) < 4.78 is 30.2. The summed E-state index contributed by atoms with van der Waals surface area (Å²) in [6, 6.07) is 1.30. The number of alkyl halides is 2. The quantitative estimate of drug-likeness (QED) is 0.794. The summed E-state index contributed by atoms with van der Waals surface area (Å²) in [5, 5.41) is 0. The smallest absolute Gasteiger partial charge is 0.309 e. The van der Waals surface area contributed by atoms with Crippen molar-refractivity contribution in [3.8, 4) is 0 Å². The van der Waals surface area contributed by atoms with Gasteiger partial charge in [-0.2, -0.15) is 0 Å². The fraction of sp³-hybridized carbons (Fsp3) is 0.615. The van der Waals surface area contributed by atoms with Crippen LogP contribution < -0.4 is 4.90 Å². The second-order valence-electron chi connectivity index (χ2n) is 4.62. The highest BCUT2D eigenvalue weighted by Gasteiger charge is 2.27. The lowest BCUT2D eigenvalue weighted by atomic mass is 9.97. The molecule has 1 aliphatic rings. The van der Waals surface area contributed by atoms with Gasteiger partial charge >= 0.3 is 5.97 Å². The lowest BCUT2D eigenvalue weighted by molar-refractivity contribution is -0.148. The molecule has 110 valence electrons. The number of halogens is 2. The van der Waals surface area contributed by atoms with Crippen LogP contribution in [0.3, 0.4) is 0 Å². The zero-order chi connectivity index (χ0) is 14.5. The van der Waals surface area contributed by atoms with E-state index in [1.54, 1.807) is 6.92 Å². The van der Waals surface area contributed by atoms with Gasteiger partial charge in [0.1, 0.15) is 17.8 Å². The molecule has 0 unspecified atom stereocenters. The molecule has 0 aliphatic carbocycles. The number of esters is 1. The Morgan fingerprint density at radius 2 is 2.15 bits per heavy atom. The Bertz CT molecular complexity index is 463. The highest BCUT2D eigenvalue weighted by Crippen LogP contribution is 2.25. The first-order valence-corrected chi connectivity index (χ1v) is 6.63. The van der Waals surface area contributed by atoms with Crippen molar-refractivity contribution in [2.45, 2.75) is 26.2 Å². The van der Waals surface area contributed by atoms with Gasteiger partial charge in [-0.05, 0) is 19.8 Å². The molecule has 0 bridgehead atoms. The van der Waals surface area contributed by atoms with Crippen molar-refractivity contribution < 1.29 is 18.3 Å². The van der Waals surface area contributed by atoms with Gasteiger partial charge in [-0.25, -0.2) is 18.7 Å². The molecule has 2 heterocycles. The summed E-state index contributed by atoms with van der Waals surface area (Å²) in [5.74, 6) is 0.198. The average molecular weight is 285 g/mol. The Morgan fingerprint density at radius 1 is 1.45 bits per heavy atom. The molecule has 1 aliphatic heterocycles. The largest absolute Gasteiger partial charge is 0.466 e. The number of ether oxygens (including phenoxy) is 1. The summed E-state index contributed by atoms with van der Waals surface area (Å²) in [6.07, 6.45) is -0.164. The predicted molar refractivity (Wildman–Crippen MR) is 68.6 cm³/mol. The van der Waals surface area contributed by atoms with E-state index in [0.29, 0.717) is 38.4 Å². The predicted octanol–water partition coefficient (Wildman–Crippen LogP) is 2.19. The van der Waals surface area contributed by atoms with Gasteiger partial charge in [0.25, 0.3) is 6.43 Å². The molecule has 0 aromatic carbocycles. The van der Waals surface area contributed by atoms with Crippen molar-refractivity contribution in [2.75, 3.05) is 24.6 Å². The number of nitrogens with zero attached hydrogens (tertiary/aromatic N) is 3. The molecule has 0 amide bonds. The van der Waals surface area contributed by atoms with E-state index >= 15 is 0 Å². The van der Waals surface area contributed by atoms with Crippen molar-refractivity contribution >= 4 is 11.8 Å². The number of anilines is 1. The zero-order valence-corrected chi connectivity index (χ0v) is 11.3. The fourth-order valence-corrected chi connectivity index (χ4v) is 2.26. The summed E-state index contributed by atoms with van der Waals surface area (Å²) in [5.41, 5.74) is -0.275. The van der Waals surface area contributed by atoms with Crippen LogP contribution in [-0.4, -0.2) is 35.6 Å². The molecule has 1 aromatic heterocycles. The third-order valence-electron chi connectivity index (χ3n) is 3.34. The van der Waals surface area contributed by atoms with Crippen LogP contribution in [0.1, 0.15) is 31.9 Å². The minimum atomic E-state index is -2.60. The van der Waals surface area contributed by atoms with E-state index in [1.165, 1.54) is 6.07 Å². The first kappa shape index (κ1) is 14.6. The van der Waals surface area contributed by atoms with E-state index in [2.05, 4.69) is 9.97 Å². The third-order valence-corrected chi connectivity index (χ3v) is 3.34. The van der Waals surface area contributed by atoms with Crippen LogP contribution in [-0.2, 0) is 9.53 Å². The molecule has 1 aromatic rings. The molecule has 1 fully saturated rings. The van der Waals surface area contributed by atoms with Crippen molar-refractivity contribution in [3.05, 3.63) is 18.1 Å². The maximum Gasteiger partial charge on any atom is 0.309 e. The van der Waals surface area contributed by atoms with E-state index in [0.717, 1.165) is 6.33 Å². The molecule has 0 atom stereocenters. The second-order valence-corrected chi connectivity index (χ2v) is 4.62. The first-order chi connectivity index (χ1) is 9.61. The second kappa shape index (κ2) is 6.58. The van der Waals surface area contributed by atoms with Crippen LogP contribution in [0.5, 0.6) is 0 Å². The molecule has 1 saturated heterocycles. The molecule has 0 radical (unpaired) electrons. The minimum absolute atomic E-state index is 0.109. The molecular formula is C13H17F2N3O2. The Kier molecular flexibility index (Phi) is 4.81. The molecule has 5 nitrogen and oxygen atoms in total. The number of rotatable bonds is 4. The Labute approximate surface area is 116 Å². The molecule has 0 spiro atoms. The Hall–Kier alpha value is -1.79. The monoisotopic (exact) mass is 285 g/mol. The fourth-order valence-electron chi connectivity index (χ4n) is 2.26. The van der Waals surface area contributed by atoms with Crippen LogP contribution in [0.2, 0.25) is 0 Å². The van der Waals surface area contributed by atoms with Gasteiger partial charge < -0.3 is 9.64 Å². The molecular weight excluding hydrogens is 268 g/mol. The van der Waals surface area contributed by atoms with Crippen LogP contribution >= 0.6 is 0 Å². The van der Waals surface area contributed by atoms with Crippen LogP contribution in [0.4, 0.5) is 14.6 Å². The van der Waals surface area contributed by atoms with Crippen molar-refractivity contribution in [3.63, 3.8) is 0 Å². The SMILES string of the molecule is CCOC(=O)C1CCN(c2cc(C(F)F)ncn2)CC1. The van der Waals surface area contributed by atoms with Crippen LogP contribution in [0, 0.1) is 5.92 Å². The van der Waals surface area contributed by atoms with Crippen molar-refractivity contribution in [2.24, 2.45) is 5.92 Å². The van der Waals surface area contributed by atoms with E-state index < -0.39 is 6.43 Å². The molecule has 2 rings (SSSR count). The lowest BCUT2D eigenvalue weighted by Gasteiger charge is -2.31. The number of hydrogen-bond acceptors (Lipinski definition) is 5. The normalized spacial score (nSPS) is 16.5. The van der Waals surface area contributed by atoms with Crippen LogP contribution in [0.25, 0.3) is 0 Å². The molecule has 20 heavy (non-hydrogen) atoms. The van der Waals surface area contributed by atoms with Gasteiger partial charge in [0, 0.05) is 19.2 Å². The Balaban J connectivity index is 1.97. The van der Waals surface area contributed by atoms with Gasteiger partial charge in [-0.15, -0.1) is 0 Å². The highest BCUT2D eigenvalue weighted by atomic mass is 19.3. The first-order valence-electron chi connectivity index (χ1n) is 6.63. The standard InChI is InChI=1S/C13H17F2N3O2/c1-2-20-13(19)9-3-5-18(6-4-9)11-7-10(12(14)15)16-8-17-11/h7-9,12H,2-6H2,1H3. The number of piperidine rings is 1. The minimum Gasteiger partial charge on any atom is -0.466 e. The van der Waals surface area contributed by atoms with Crippen LogP contribution in [0.15, 0.2) is 12.4 Å². The highest BCUT2D eigenvalue weighted by molar-refractivity contribution is 5.72. The van der Waals surface area contributed by atoms with Gasteiger partial charge in [-0.3, -0.25) is 4.79 Å². The summed E-state index contributed by atoms with van der Waals surface area (Å²) in [6.45, 7) is 3.36. The number of aromatic nitrogens is 2. The van der Waals surface area contributed by atoms with Gasteiger partial charge in [0.15, 0.2) is 0 Å². The van der Waals surface area contributed by atoms with Crippen molar-refractivity contribution in [1.82, 2.24) is 9.97 Å². The third kappa shape index (κ3) is 3.40. The number of carbonyl (C=O) groups excluding carboxylic acids is 1. The van der Waals surface area contributed by atoms with E-state index in [9.17, 15) is 13.6 Å². The zero-order valence-electron chi connectivity index (χ0n) is 11.3. The summed E-state index contributed by atoms with van der Waals surface area (Å²) >= 11 is 0. The van der Waals surface area contributed by atoms with Gasteiger partial charge in [-0.1, -0.05) is 0 Å². The van der Waals surface area contributed by atoms with Gasteiger partial charge in [0.05, 0.1) is 12.5 Å². The Morgan fingerprint density at radius 3 is 2.75 bits per heavy atom. The van der Waals surface area contributed by atoms with Gasteiger partial charge in [0.2, 0.25) is 0 Å². The molecule has 7 heteroatoms. The van der Waals surface area contributed by atoms with E-state index in [4.69, 9.17) is 4.74 Å². The lowest BCUT2D eigenvalue weighted by Crippen LogP contribution is -2.37. The number of hydrogen-bond donors (Lipinski definition) is 0. The number of carbonyl (C=O) groups is 1. The van der Waals surface area contributed by atoms with Crippen molar-refractivity contribution in [1.29, 1.82) is 0 Å². The molecule has 0 N–H and O–H groups in total. The summed E-state index contributed by atoms with van der Waals surface area (Å²) in [4.78, 5) is 21.1. The van der Waals surface area contributed by atoms with E-state index in [-0.39, 0.29) is 17.6 Å². The average Bonchev–Trinajstić information content (AvgIpc) is 2.48. The maximum absolute atomic E-state index is 12.6. The molecule has 0 saturated carbocycles.